The average molecular weight is 533 g/mol. The van der Waals surface area contributed by atoms with Crippen LogP contribution in [0.25, 0.3) is 17.4 Å². The van der Waals surface area contributed by atoms with Crippen molar-refractivity contribution in [2.75, 3.05) is 0 Å². The molecule has 0 saturated carbocycles. The van der Waals surface area contributed by atoms with Gasteiger partial charge < -0.3 is 4.42 Å². The number of carbonyl (C=O) groups is 2. The summed E-state index contributed by atoms with van der Waals surface area (Å²) in [5, 5.41) is -0.278. The number of thioether (sulfide) groups is 1. The van der Waals surface area contributed by atoms with Gasteiger partial charge in [0.2, 0.25) is 0 Å². The van der Waals surface area contributed by atoms with E-state index in [0.29, 0.717) is 16.4 Å². The molecule has 1 aromatic heterocycles. The minimum atomic E-state index is -0.305. The number of carbonyl (C=O) groups excluding carboxylic acids is 2. The summed E-state index contributed by atoms with van der Waals surface area (Å²) in [6.07, 6.45) is 1.63. The van der Waals surface area contributed by atoms with E-state index < -0.39 is 0 Å². The SMILES string of the molecule is Cc1cc(-c2ccc(/C=C3\SC(=O)N(Cc4ccc(Br)cc4)C3=O)o2)ccc1Br. The average Bonchev–Trinajstić information content (AvgIpc) is 3.26. The van der Waals surface area contributed by atoms with E-state index in [4.69, 9.17) is 4.42 Å². The lowest BCUT2D eigenvalue weighted by atomic mass is 10.1. The Morgan fingerprint density at radius 2 is 1.79 bits per heavy atom. The molecule has 4 nitrogen and oxygen atoms in total. The van der Waals surface area contributed by atoms with Crippen molar-refractivity contribution in [1.29, 1.82) is 0 Å². The molecule has 1 saturated heterocycles. The Labute approximate surface area is 189 Å². The van der Waals surface area contributed by atoms with Gasteiger partial charge in [0.05, 0.1) is 11.4 Å². The molecule has 0 bridgehead atoms. The topological polar surface area (TPSA) is 50.5 Å². The van der Waals surface area contributed by atoms with E-state index in [2.05, 4.69) is 31.9 Å². The van der Waals surface area contributed by atoms with Crippen molar-refractivity contribution in [2.45, 2.75) is 13.5 Å². The molecule has 146 valence electrons. The fourth-order valence-electron chi connectivity index (χ4n) is 2.92. The van der Waals surface area contributed by atoms with Gasteiger partial charge in [0.25, 0.3) is 11.1 Å². The molecular weight excluding hydrogens is 518 g/mol. The molecule has 1 fully saturated rings. The maximum atomic E-state index is 12.7. The van der Waals surface area contributed by atoms with Crippen LogP contribution in [-0.4, -0.2) is 16.0 Å². The van der Waals surface area contributed by atoms with Crippen molar-refractivity contribution in [1.82, 2.24) is 4.90 Å². The summed E-state index contributed by atoms with van der Waals surface area (Å²) in [4.78, 5) is 26.7. The van der Waals surface area contributed by atoms with Gasteiger partial charge in [-0.05, 0) is 66.2 Å². The highest BCUT2D eigenvalue weighted by Gasteiger charge is 2.35. The summed E-state index contributed by atoms with van der Waals surface area (Å²) in [6, 6.07) is 17.2. The number of rotatable bonds is 4. The highest BCUT2D eigenvalue weighted by Crippen LogP contribution is 2.34. The molecule has 1 aliphatic rings. The Kier molecular flexibility index (Phi) is 5.81. The van der Waals surface area contributed by atoms with Crippen molar-refractivity contribution < 1.29 is 14.0 Å². The second kappa shape index (κ2) is 8.34. The first kappa shape index (κ1) is 20.2. The van der Waals surface area contributed by atoms with Crippen LogP contribution in [0.5, 0.6) is 0 Å². The zero-order chi connectivity index (χ0) is 20.5. The molecule has 0 aliphatic carbocycles. The first-order valence-electron chi connectivity index (χ1n) is 8.77. The molecule has 2 aromatic carbocycles. The van der Waals surface area contributed by atoms with Crippen LogP contribution >= 0.6 is 43.6 Å². The monoisotopic (exact) mass is 531 g/mol. The molecule has 2 amide bonds. The third-order valence-corrected chi connectivity index (χ3v) is 6.80. The molecule has 29 heavy (non-hydrogen) atoms. The predicted octanol–water partition coefficient (Wildman–Crippen LogP) is 7.02. The Morgan fingerprint density at radius 3 is 2.52 bits per heavy atom. The van der Waals surface area contributed by atoms with Crippen molar-refractivity contribution in [3.05, 3.63) is 85.3 Å². The van der Waals surface area contributed by atoms with E-state index in [-0.39, 0.29) is 17.7 Å². The third kappa shape index (κ3) is 4.42. The highest BCUT2D eigenvalue weighted by atomic mass is 79.9. The number of halogens is 2. The second-order valence-electron chi connectivity index (χ2n) is 6.56. The van der Waals surface area contributed by atoms with E-state index in [9.17, 15) is 9.59 Å². The van der Waals surface area contributed by atoms with Gasteiger partial charge in [0, 0.05) is 20.6 Å². The highest BCUT2D eigenvalue weighted by molar-refractivity contribution is 9.10. The maximum absolute atomic E-state index is 12.7. The summed E-state index contributed by atoms with van der Waals surface area (Å²) in [6.45, 7) is 2.26. The van der Waals surface area contributed by atoms with E-state index in [1.807, 2.05) is 55.5 Å². The quantitative estimate of drug-likeness (QED) is 0.339. The van der Waals surface area contributed by atoms with Crippen molar-refractivity contribution >= 4 is 60.8 Å². The van der Waals surface area contributed by atoms with E-state index in [1.165, 1.54) is 4.90 Å². The molecule has 0 spiro atoms. The van der Waals surface area contributed by atoms with Crippen LogP contribution < -0.4 is 0 Å². The lowest BCUT2D eigenvalue weighted by Gasteiger charge is -2.12. The van der Waals surface area contributed by atoms with E-state index in [1.54, 1.807) is 12.1 Å². The van der Waals surface area contributed by atoms with Crippen LogP contribution in [0.15, 0.2) is 72.9 Å². The summed E-state index contributed by atoms with van der Waals surface area (Å²) in [5.41, 5.74) is 2.95. The van der Waals surface area contributed by atoms with Crippen LogP contribution in [0.1, 0.15) is 16.9 Å². The van der Waals surface area contributed by atoms with Gasteiger partial charge in [-0.2, -0.15) is 0 Å². The van der Waals surface area contributed by atoms with Gasteiger partial charge in [0.15, 0.2) is 0 Å². The molecule has 0 radical (unpaired) electrons. The molecule has 3 aromatic rings. The number of benzene rings is 2. The molecule has 4 rings (SSSR count). The summed E-state index contributed by atoms with van der Waals surface area (Å²) >= 11 is 7.80. The number of hydrogen-bond donors (Lipinski definition) is 0. The smallest absolute Gasteiger partial charge is 0.293 e. The number of imide groups is 1. The Bertz CT molecular complexity index is 1140. The Hall–Kier alpha value is -2.09. The molecule has 0 N–H and O–H groups in total. The zero-order valence-electron chi connectivity index (χ0n) is 15.3. The van der Waals surface area contributed by atoms with E-state index >= 15 is 0 Å². The summed E-state index contributed by atoms with van der Waals surface area (Å²) in [7, 11) is 0. The lowest BCUT2D eigenvalue weighted by Crippen LogP contribution is -2.27. The minimum Gasteiger partial charge on any atom is -0.457 e. The number of nitrogens with zero attached hydrogens (tertiary/aromatic N) is 1. The summed E-state index contributed by atoms with van der Waals surface area (Å²) in [5.74, 6) is 0.941. The number of furan rings is 1. The van der Waals surface area contributed by atoms with Crippen molar-refractivity contribution in [2.24, 2.45) is 0 Å². The Balaban J connectivity index is 1.53. The van der Waals surface area contributed by atoms with Gasteiger partial charge in [-0.1, -0.05) is 50.1 Å². The van der Waals surface area contributed by atoms with Crippen molar-refractivity contribution in [3.8, 4) is 11.3 Å². The van der Waals surface area contributed by atoms with Crippen LogP contribution in [-0.2, 0) is 11.3 Å². The van der Waals surface area contributed by atoms with Crippen LogP contribution in [0.4, 0.5) is 4.79 Å². The van der Waals surface area contributed by atoms with Gasteiger partial charge >= 0.3 is 0 Å². The molecule has 2 heterocycles. The summed E-state index contributed by atoms with van der Waals surface area (Å²) < 4.78 is 7.87. The van der Waals surface area contributed by atoms with Gasteiger partial charge in [0.1, 0.15) is 11.5 Å². The largest absolute Gasteiger partial charge is 0.457 e. The van der Waals surface area contributed by atoms with Gasteiger partial charge in [-0.15, -0.1) is 0 Å². The number of aryl methyl sites for hydroxylation is 1. The predicted molar refractivity (Wildman–Crippen MR) is 122 cm³/mol. The molecule has 0 atom stereocenters. The molecule has 7 heteroatoms. The van der Waals surface area contributed by atoms with Crippen LogP contribution in [0.3, 0.4) is 0 Å². The molecular formula is C22H15Br2NO3S. The number of amides is 2. The zero-order valence-corrected chi connectivity index (χ0v) is 19.3. The number of hydrogen-bond acceptors (Lipinski definition) is 4. The van der Waals surface area contributed by atoms with Gasteiger partial charge in [-0.3, -0.25) is 14.5 Å². The lowest BCUT2D eigenvalue weighted by molar-refractivity contribution is -0.123. The van der Waals surface area contributed by atoms with Crippen LogP contribution in [0, 0.1) is 6.92 Å². The van der Waals surface area contributed by atoms with Crippen LogP contribution in [0.2, 0.25) is 0 Å². The standard InChI is InChI=1S/C22H15Br2NO3S/c1-13-10-15(4-8-18(13)24)19-9-7-17(28-19)11-20-21(26)25(22(27)29-20)12-14-2-5-16(23)6-3-14/h2-11H,12H2,1H3/b20-11-. The molecule has 0 unspecified atom stereocenters. The third-order valence-electron chi connectivity index (χ3n) is 4.47. The normalized spacial score (nSPS) is 15.6. The first-order chi connectivity index (χ1) is 13.9. The molecule has 1 aliphatic heterocycles. The van der Waals surface area contributed by atoms with Crippen molar-refractivity contribution in [3.63, 3.8) is 0 Å². The fraction of sp³-hybridized carbons (Fsp3) is 0.0909. The minimum absolute atomic E-state index is 0.247. The first-order valence-corrected chi connectivity index (χ1v) is 11.2. The van der Waals surface area contributed by atoms with E-state index in [0.717, 1.165) is 37.4 Å². The Morgan fingerprint density at radius 1 is 1.03 bits per heavy atom. The maximum Gasteiger partial charge on any atom is 0.293 e. The fourth-order valence-corrected chi connectivity index (χ4v) is 4.25. The van der Waals surface area contributed by atoms with Gasteiger partial charge in [-0.25, -0.2) is 0 Å². The second-order valence-corrected chi connectivity index (χ2v) is 9.32.